The molecule has 1 aromatic rings. The Labute approximate surface area is 150 Å². The highest BCUT2D eigenvalue weighted by Crippen LogP contribution is 2.23. The molecule has 0 bridgehead atoms. The lowest BCUT2D eigenvalue weighted by molar-refractivity contribution is -0.125. The number of amides is 2. The van der Waals surface area contributed by atoms with E-state index in [1.807, 2.05) is 18.2 Å². The van der Waals surface area contributed by atoms with E-state index in [4.69, 9.17) is 5.73 Å². The first kappa shape index (κ1) is 19.4. The molecule has 1 aliphatic heterocycles. The smallest absolute Gasteiger partial charge is 0.239 e. The molecule has 1 heterocycles. The summed E-state index contributed by atoms with van der Waals surface area (Å²) in [6, 6.07) is 8.20. The number of carbonyl (C=O) groups is 2. The SMILES string of the molecule is CC1CC(C)CN(Cc2ccccc2CNC(=O)CNC(=O)CN)C1. The minimum atomic E-state index is -0.330. The van der Waals surface area contributed by atoms with Gasteiger partial charge in [0, 0.05) is 26.2 Å². The molecule has 1 aliphatic rings. The topological polar surface area (TPSA) is 87.5 Å². The van der Waals surface area contributed by atoms with Gasteiger partial charge in [0.2, 0.25) is 11.8 Å². The second-order valence-corrected chi connectivity index (χ2v) is 7.17. The van der Waals surface area contributed by atoms with Crippen molar-refractivity contribution in [3.63, 3.8) is 0 Å². The lowest BCUT2D eigenvalue weighted by Crippen LogP contribution is -2.39. The van der Waals surface area contributed by atoms with Gasteiger partial charge in [0.1, 0.15) is 0 Å². The quantitative estimate of drug-likeness (QED) is 0.683. The van der Waals surface area contributed by atoms with E-state index in [2.05, 4.69) is 35.4 Å². The summed E-state index contributed by atoms with van der Waals surface area (Å²) in [5.41, 5.74) is 7.57. The number of nitrogens with one attached hydrogen (secondary N) is 2. The second-order valence-electron chi connectivity index (χ2n) is 7.17. The summed E-state index contributed by atoms with van der Waals surface area (Å²) in [5, 5.41) is 5.33. The van der Waals surface area contributed by atoms with Gasteiger partial charge in [-0.2, -0.15) is 0 Å². The van der Waals surface area contributed by atoms with Gasteiger partial charge >= 0.3 is 0 Å². The number of hydrogen-bond acceptors (Lipinski definition) is 4. The van der Waals surface area contributed by atoms with Crippen molar-refractivity contribution in [1.82, 2.24) is 15.5 Å². The summed E-state index contributed by atoms with van der Waals surface area (Å²) in [7, 11) is 0. The van der Waals surface area contributed by atoms with E-state index in [1.165, 1.54) is 12.0 Å². The van der Waals surface area contributed by atoms with Crippen molar-refractivity contribution in [2.45, 2.75) is 33.4 Å². The van der Waals surface area contributed by atoms with Gasteiger partial charge in [-0.05, 0) is 29.4 Å². The molecule has 2 atom stereocenters. The second kappa shape index (κ2) is 9.53. The van der Waals surface area contributed by atoms with Crippen LogP contribution in [0, 0.1) is 11.8 Å². The molecule has 1 saturated heterocycles. The number of hydrogen-bond donors (Lipinski definition) is 3. The Morgan fingerprint density at radius 1 is 1.08 bits per heavy atom. The van der Waals surface area contributed by atoms with Gasteiger partial charge in [0.05, 0.1) is 13.1 Å². The first-order valence-electron chi connectivity index (χ1n) is 9.00. The van der Waals surface area contributed by atoms with Crippen LogP contribution >= 0.6 is 0 Å². The zero-order valence-corrected chi connectivity index (χ0v) is 15.3. The minimum Gasteiger partial charge on any atom is -0.350 e. The lowest BCUT2D eigenvalue weighted by Gasteiger charge is -2.35. The number of nitrogens with zero attached hydrogens (tertiary/aromatic N) is 1. The summed E-state index contributed by atoms with van der Waals surface area (Å²) >= 11 is 0. The third-order valence-corrected chi connectivity index (χ3v) is 4.56. The van der Waals surface area contributed by atoms with Gasteiger partial charge in [0.15, 0.2) is 0 Å². The highest BCUT2D eigenvalue weighted by molar-refractivity contribution is 5.85. The van der Waals surface area contributed by atoms with Crippen LogP contribution in [0.4, 0.5) is 0 Å². The van der Waals surface area contributed by atoms with Crippen molar-refractivity contribution < 1.29 is 9.59 Å². The van der Waals surface area contributed by atoms with Crippen LogP contribution < -0.4 is 16.4 Å². The molecular formula is C19H30N4O2. The fraction of sp³-hybridized carbons (Fsp3) is 0.579. The Morgan fingerprint density at radius 2 is 1.72 bits per heavy atom. The summed E-state index contributed by atoms with van der Waals surface area (Å²) in [6.07, 6.45) is 1.29. The average Bonchev–Trinajstić information content (AvgIpc) is 2.58. The molecule has 0 aromatic heterocycles. The van der Waals surface area contributed by atoms with E-state index in [-0.39, 0.29) is 24.9 Å². The van der Waals surface area contributed by atoms with Crippen molar-refractivity contribution in [2.24, 2.45) is 17.6 Å². The van der Waals surface area contributed by atoms with Crippen LogP contribution in [0.3, 0.4) is 0 Å². The predicted octanol–water partition coefficient (Wildman–Crippen LogP) is 0.856. The van der Waals surface area contributed by atoms with Crippen molar-refractivity contribution in [3.05, 3.63) is 35.4 Å². The number of nitrogens with two attached hydrogens (primary N) is 1. The largest absolute Gasteiger partial charge is 0.350 e. The fourth-order valence-corrected chi connectivity index (χ4v) is 3.55. The van der Waals surface area contributed by atoms with Gasteiger partial charge in [-0.1, -0.05) is 38.1 Å². The standard InChI is InChI=1S/C19H30N4O2/c1-14-7-15(2)12-23(11-14)13-17-6-4-3-5-16(17)9-21-19(25)10-22-18(24)8-20/h3-6,14-15H,7-13,20H2,1-2H3,(H,21,25)(H,22,24). The number of carbonyl (C=O) groups excluding carboxylic acids is 2. The van der Waals surface area contributed by atoms with Gasteiger partial charge in [-0.15, -0.1) is 0 Å². The van der Waals surface area contributed by atoms with E-state index in [9.17, 15) is 9.59 Å². The van der Waals surface area contributed by atoms with Gasteiger partial charge in [-0.3, -0.25) is 14.5 Å². The first-order valence-corrected chi connectivity index (χ1v) is 9.00. The van der Waals surface area contributed by atoms with E-state index in [0.717, 1.165) is 37.0 Å². The zero-order chi connectivity index (χ0) is 18.2. The van der Waals surface area contributed by atoms with Crippen LogP contribution in [0.15, 0.2) is 24.3 Å². The number of rotatable bonds is 7. The third kappa shape index (κ3) is 6.48. The Balaban J connectivity index is 1.89. The van der Waals surface area contributed by atoms with Crippen molar-refractivity contribution in [1.29, 1.82) is 0 Å². The summed E-state index contributed by atoms with van der Waals surface area (Å²) in [5.74, 6) is 0.907. The third-order valence-electron chi connectivity index (χ3n) is 4.56. The highest BCUT2D eigenvalue weighted by atomic mass is 16.2. The fourth-order valence-electron chi connectivity index (χ4n) is 3.55. The Kier molecular flexibility index (Phi) is 7.40. The van der Waals surface area contributed by atoms with Crippen LogP contribution in [-0.4, -0.2) is 42.9 Å². The van der Waals surface area contributed by atoms with E-state index in [0.29, 0.717) is 6.54 Å². The molecule has 25 heavy (non-hydrogen) atoms. The lowest BCUT2D eigenvalue weighted by atomic mass is 9.91. The highest BCUT2D eigenvalue weighted by Gasteiger charge is 2.22. The molecule has 138 valence electrons. The first-order chi connectivity index (χ1) is 12.0. The molecule has 1 fully saturated rings. The summed E-state index contributed by atoms with van der Waals surface area (Å²) in [6.45, 7) is 8.08. The molecule has 6 heteroatoms. The van der Waals surface area contributed by atoms with Gasteiger partial charge in [0.25, 0.3) is 0 Å². The monoisotopic (exact) mass is 346 g/mol. The maximum absolute atomic E-state index is 11.8. The molecular weight excluding hydrogens is 316 g/mol. The molecule has 0 spiro atoms. The van der Waals surface area contributed by atoms with Crippen molar-refractivity contribution >= 4 is 11.8 Å². The van der Waals surface area contributed by atoms with Gasteiger partial charge in [-0.25, -0.2) is 0 Å². The minimum absolute atomic E-state index is 0.0423. The molecule has 4 N–H and O–H groups in total. The van der Waals surface area contributed by atoms with Crippen LogP contribution in [0.25, 0.3) is 0 Å². The zero-order valence-electron chi connectivity index (χ0n) is 15.3. The number of likely N-dealkylation sites (tertiary alicyclic amines) is 1. The molecule has 6 nitrogen and oxygen atoms in total. The van der Waals surface area contributed by atoms with Gasteiger partial charge < -0.3 is 16.4 Å². The molecule has 0 radical (unpaired) electrons. The number of benzene rings is 1. The van der Waals surface area contributed by atoms with Crippen molar-refractivity contribution in [2.75, 3.05) is 26.2 Å². The molecule has 1 aromatic carbocycles. The predicted molar refractivity (Wildman–Crippen MR) is 98.6 cm³/mol. The van der Waals surface area contributed by atoms with Crippen LogP contribution in [0.5, 0.6) is 0 Å². The van der Waals surface area contributed by atoms with E-state index < -0.39 is 0 Å². The maximum atomic E-state index is 11.8. The molecule has 2 unspecified atom stereocenters. The van der Waals surface area contributed by atoms with Crippen LogP contribution in [0.2, 0.25) is 0 Å². The molecule has 2 rings (SSSR count). The molecule has 0 aliphatic carbocycles. The summed E-state index contributed by atoms with van der Waals surface area (Å²) in [4.78, 5) is 25.4. The van der Waals surface area contributed by atoms with Crippen molar-refractivity contribution in [3.8, 4) is 0 Å². The number of piperidine rings is 1. The Bertz CT molecular complexity index is 581. The average molecular weight is 346 g/mol. The van der Waals surface area contributed by atoms with Crippen LogP contribution in [-0.2, 0) is 22.7 Å². The molecule has 2 amide bonds. The van der Waals surface area contributed by atoms with E-state index in [1.54, 1.807) is 0 Å². The van der Waals surface area contributed by atoms with Crippen LogP contribution in [0.1, 0.15) is 31.4 Å². The molecule has 0 saturated carbocycles. The van der Waals surface area contributed by atoms with E-state index >= 15 is 0 Å². The Hall–Kier alpha value is -1.92. The summed E-state index contributed by atoms with van der Waals surface area (Å²) < 4.78 is 0. The normalized spacial score (nSPS) is 20.9. The maximum Gasteiger partial charge on any atom is 0.239 e. The Morgan fingerprint density at radius 3 is 2.36 bits per heavy atom.